The molecule has 3 fully saturated rings. The molecule has 3 heterocycles. The quantitative estimate of drug-likeness (QED) is 0.550. The van der Waals surface area contributed by atoms with Crippen LogP contribution in [0.2, 0.25) is 0 Å². The monoisotopic (exact) mass is 461 g/mol. The van der Waals surface area contributed by atoms with Gasteiger partial charge >= 0.3 is 0 Å². The number of imidazole rings is 1. The highest BCUT2D eigenvalue weighted by molar-refractivity contribution is 6.11. The Bertz CT molecular complexity index is 1170. The molecule has 1 N–H and O–H groups in total. The summed E-state index contributed by atoms with van der Waals surface area (Å²) in [4.78, 5) is 15.4. The SMILES string of the molecule is O=C(c1cccc2c1ccn1c[n+](C3CCCCC3)c(NC3CCCCC3)c21)N1CCOCC1. The van der Waals surface area contributed by atoms with Crippen LogP contribution in [0, 0.1) is 0 Å². The van der Waals surface area contributed by atoms with E-state index in [-0.39, 0.29) is 5.91 Å². The summed E-state index contributed by atoms with van der Waals surface area (Å²) in [6.07, 6.45) is 17.4. The molecule has 0 radical (unpaired) electrons. The van der Waals surface area contributed by atoms with Crippen molar-refractivity contribution < 1.29 is 14.1 Å². The standard InChI is InChI=1S/C28H37N4O2/c33-28(30-16-18-34-19-17-30)25-13-7-12-24-23(25)14-15-31-20-32(22-10-5-2-6-11-22)27(26(24)31)29-21-8-3-1-4-9-21/h7,12-15,20-22,29H,1-6,8-11,16-19H2/q+1. The van der Waals surface area contributed by atoms with Crippen molar-refractivity contribution in [1.82, 2.24) is 9.30 Å². The molecule has 2 aliphatic carbocycles. The molecule has 0 atom stereocenters. The zero-order valence-electron chi connectivity index (χ0n) is 20.2. The predicted octanol–water partition coefficient (Wildman–Crippen LogP) is 5.10. The fourth-order valence-electron chi connectivity index (χ4n) is 6.32. The molecule has 6 nitrogen and oxygen atoms in total. The normalized spacial score (nSPS) is 20.8. The second kappa shape index (κ2) is 9.57. The van der Waals surface area contributed by atoms with Crippen LogP contribution in [0.5, 0.6) is 0 Å². The molecule has 0 bridgehead atoms. The van der Waals surface area contributed by atoms with E-state index in [2.05, 4.69) is 45.0 Å². The summed E-state index contributed by atoms with van der Waals surface area (Å²) < 4.78 is 10.3. The van der Waals surface area contributed by atoms with Gasteiger partial charge in [0, 0.05) is 29.4 Å². The summed E-state index contributed by atoms with van der Waals surface area (Å²) in [6.45, 7) is 2.57. The highest BCUT2D eigenvalue weighted by Gasteiger charge is 2.30. The lowest BCUT2D eigenvalue weighted by Crippen LogP contribution is -2.43. The van der Waals surface area contributed by atoms with Crippen LogP contribution < -0.4 is 9.88 Å². The molecule has 1 saturated heterocycles. The maximum Gasteiger partial charge on any atom is 0.262 e. The third kappa shape index (κ3) is 4.06. The van der Waals surface area contributed by atoms with E-state index < -0.39 is 0 Å². The lowest BCUT2D eigenvalue weighted by molar-refractivity contribution is -0.711. The van der Waals surface area contributed by atoms with E-state index in [1.54, 1.807) is 0 Å². The van der Waals surface area contributed by atoms with Gasteiger partial charge in [0.2, 0.25) is 0 Å². The van der Waals surface area contributed by atoms with Crippen LogP contribution in [0.1, 0.15) is 80.6 Å². The first-order chi connectivity index (χ1) is 16.8. The van der Waals surface area contributed by atoms with E-state index in [9.17, 15) is 4.79 Å². The minimum absolute atomic E-state index is 0.117. The Morgan fingerprint density at radius 3 is 2.41 bits per heavy atom. The molecule has 1 aromatic carbocycles. The predicted molar refractivity (Wildman–Crippen MR) is 134 cm³/mol. The van der Waals surface area contributed by atoms with Gasteiger partial charge in [-0.25, -0.2) is 8.97 Å². The number of pyridine rings is 1. The first-order valence-electron chi connectivity index (χ1n) is 13.4. The fourth-order valence-corrected chi connectivity index (χ4v) is 6.32. The molecule has 1 aliphatic heterocycles. The van der Waals surface area contributed by atoms with Crippen molar-refractivity contribution in [3.8, 4) is 0 Å². The summed E-state index contributed by atoms with van der Waals surface area (Å²) in [5.74, 6) is 1.37. The average Bonchev–Trinajstić information content (AvgIpc) is 3.28. The number of rotatable bonds is 4. The number of hydrogen-bond donors (Lipinski definition) is 1. The van der Waals surface area contributed by atoms with Gasteiger partial charge in [-0.15, -0.1) is 0 Å². The summed E-state index contributed by atoms with van der Waals surface area (Å²) in [7, 11) is 0. The number of morpholine rings is 1. The zero-order valence-corrected chi connectivity index (χ0v) is 20.2. The summed E-state index contributed by atoms with van der Waals surface area (Å²) in [6, 6.07) is 9.45. The van der Waals surface area contributed by atoms with Gasteiger partial charge in [-0.2, -0.15) is 0 Å². The van der Waals surface area contributed by atoms with Crippen molar-refractivity contribution in [3.63, 3.8) is 0 Å². The van der Waals surface area contributed by atoms with Crippen LogP contribution in [0.25, 0.3) is 16.3 Å². The maximum absolute atomic E-state index is 13.4. The number of anilines is 1. The molecule has 0 spiro atoms. The number of carbonyl (C=O) groups is 1. The largest absolute Gasteiger partial charge is 0.378 e. The number of fused-ring (bicyclic) bond motifs is 3. The molecule has 1 amide bonds. The van der Waals surface area contributed by atoms with Crippen LogP contribution in [0.4, 0.5) is 5.82 Å². The number of nitrogens with one attached hydrogen (secondary N) is 1. The van der Waals surface area contributed by atoms with Gasteiger partial charge in [0.25, 0.3) is 11.7 Å². The minimum atomic E-state index is 0.117. The van der Waals surface area contributed by atoms with Crippen molar-refractivity contribution in [2.24, 2.45) is 0 Å². The van der Waals surface area contributed by atoms with Gasteiger partial charge in [-0.3, -0.25) is 10.1 Å². The van der Waals surface area contributed by atoms with Crippen molar-refractivity contribution in [1.29, 1.82) is 0 Å². The second-order valence-corrected chi connectivity index (χ2v) is 10.4. The summed E-state index contributed by atoms with van der Waals surface area (Å²) >= 11 is 0. The number of ether oxygens (including phenoxy) is 1. The van der Waals surface area contributed by atoms with Gasteiger partial charge in [-0.1, -0.05) is 37.8 Å². The smallest absolute Gasteiger partial charge is 0.262 e. The van der Waals surface area contributed by atoms with Crippen molar-refractivity contribution in [2.45, 2.75) is 76.3 Å². The number of benzene rings is 1. The zero-order chi connectivity index (χ0) is 22.9. The molecule has 0 unspecified atom stereocenters. The molecular formula is C28H37N4O2+. The Morgan fingerprint density at radius 2 is 1.65 bits per heavy atom. The number of carbonyl (C=O) groups excluding carboxylic acids is 1. The summed E-state index contributed by atoms with van der Waals surface area (Å²) in [5, 5.41) is 6.21. The number of aromatic nitrogens is 2. The molecule has 3 aliphatic rings. The average molecular weight is 462 g/mol. The van der Waals surface area contributed by atoms with E-state index in [0.29, 0.717) is 38.4 Å². The van der Waals surface area contributed by atoms with E-state index >= 15 is 0 Å². The third-order valence-corrected chi connectivity index (χ3v) is 8.20. The topological polar surface area (TPSA) is 49.9 Å². The Hall–Kier alpha value is -2.60. The van der Waals surface area contributed by atoms with Crippen LogP contribution in [0.15, 0.2) is 36.8 Å². The van der Waals surface area contributed by atoms with Gasteiger partial charge in [0.05, 0.1) is 31.5 Å². The first-order valence-corrected chi connectivity index (χ1v) is 13.4. The summed E-state index contributed by atoms with van der Waals surface area (Å²) in [5.41, 5.74) is 2.02. The van der Waals surface area contributed by atoms with Crippen LogP contribution in [0.3, 0.4) is 0 Å². The number of nitrogens with zero attached hydrogens (tertiary/aromatic N) is 3. The lowest BCUT2D eigenvalue weighted by Gasteiger charge is -2.27. The van der Waals surface area contributed by atoms with E-state index in [4.69, 9.17) is 4.74 Å². The molecule has 34 heavy (non-hydrogen) atoms. The number of amides is 1. The highest BCUT2D eigenvalue weighted by atomic mass is 16.5. The van der Waals surface area contributed by atoms with Crippen molar-refractivity contribution >= 4 is 28.0 Å². The molecule has 2 saturated carbocycles. The molecule has 180 valence electrons. The van der Waals surface area contributed by atoms with Crippen molar-refractivity contribution in [3.05, 3.63) is 42.4 Å². The van der Waals surface area contributed by atoms with Gasteiger partial charge in [0.15, 0.2) is 11.8 Å². The van der Waals surface area contributed by atoms with Gasteiger partial charge < -0.3 is 9.64 Å². The maximum atomic E-state index is 13.4. The van der Waals surface area contributed by atoms with E-state index in [1.807, 2.05) is 11.0 Å². The molecular weight excluding hydrogens is 424 g/mol. The second-order valence-electron chi connectivity index (χ2n) is 10.4. The first kappa shape index (κ1) is 21.9. The van der Waals surface area contributed by atoms with E-state index in [1.165, 1.54) is 75.5 Å². The molecule has 3 aromatic rings. The van der Waals surface area contributed by atoms with Crippen molar-refractivity contribution in [2.75, 3.05) is 31.6 Å². The number of hydrogen-bond acceptors (Lipinski definition) is 3. The lowest BCUT2D eigenvalue weighted by atomic mass is 9.94. The molecule has 6 rings (SSSR count). The highest BCUT2D eigenvalue weighted by Crippen LogP contribution is 2.33. The van der Waals surface area contributed by atoms with Crippen LogP contribution >= 0.6 is 0 Å². The Kier molecular flexibility index (Phi) is 6.16. The van der Waals surface area contributed by atoms with E-state index in [0.717, 1.165) is 16.3 Å². The Balaban J connectivity index is 1.47. The molecule has 2 aromatic heterocycles. The Labute approximate surface area is 201 Å². The fraction of sp³-hybridized carbons (Fsp3) is 0.571. The van der Waals surface area contributed by atoms with Crippen LogP contribution in [-0.2, 0) is 4.74 Å². The Morgan fingerprint density at radius 1 is 0.912 bits per heavy atom. The third-order valence-electron chi connectivity index (χ3n) is 8.20. The molecule has 6 heteroatoms. The minimum Gasteiger partial charge on any atom is -0.378 e. The van der Waals surface area contributed by atoms with Crippen LogP contribution in [-0.4, -0.2) is 47.6 Å². The van der Waals surface area contributed by atoms with Gasteiger partial charge in [-0.05, 0) is 50.7 Å². The van der Waals surface area contributed by atoms with Gasteiger partial charge in [0.1, 0.15) is 0 Å².